The Morgan fingerprint density at radius 1 is 1.36 bits per heavy atom. The normalized spacial score (nSPS) is 17.2. The van der Waals surface area contributed by atoms with Gasteiger partial charge in [-0.25, -0.2) is 4.98 Å². The number of phenolic OH excluding ortho intramolecular Hbond substituents is 1. The molecule has 1 aromatic carbocycles. The van der Waals surface area contributed by atoms with Crippen LogP contribution in [0.25, 0.3) is 0 Å². The maximum Gasteiger partial charge on any atom is 0.257 e. The summed E-state index contributed by atoms with van der Waals surface area (Å²) in [6, 6.07) is 9.80. The average Bonchev–Trinajstić information content (AvgIpc) is 3.01. The fourth-order valence-corrected chi connectivity index (χ4v) is 3.24. The number of phenols is 1. The Hall–Kier alpha value is -2.21. The highest BCUT2D eigenvalue weighted by Crippen LogP contribution is 2.22. The predicted octanol–water partition coefficient (Wildman–Crippen LogP) is 2.92. The first-order valence-corrected chi connectivity index (χ1v) is 8.17. The van der Waals surface area contributed by atoms with E-state index in [1.165, 1.54) is 12.3 Å². The molecule has 1 amide bonds. The second-order valence-corrected chi connectivity index (χ2v) is 6.14. The van der Waals surface area contributed by atoms with Gasteiger partial charge in [-0.15, -0.1) is 0 Å². The molecule has 1 saturated heterocycles. The van der Waals surface area contributed by atoms with Gasteiger partial charge >= 0.3 is 0 Å². The molecule has 2 N–H and O–H groups in total. The van der Waals surface area contributed by atoms with Crippen LogP contribution in [0.4, 0.5) is 5.69 Å². The van der Waals surface area contributed by atoms with Crippen LogP contribution >= 0.6 is 11.8 Å². The number of hydrogen-bond acceptors (Lipinski definition) is 5. The van der Waals surface area contributed by atoms with Gasteiger partial charge in [0, 0.05) is 29.8 Å². The van der Waals surface area contributed by atoms with Gasteiger partial charge in [0.25, 0.3) is 5.91 Å². The van der Waals surface area contributed by atoms with Crippen LogP contribution in [0, 0.1) is 0 Å². The number of nitrogens with zero attached hydrogens (tertiary/aromatic N) is 1. The number of aromatic nitrogens is 1. The predicted molar refractivity (Wildman–Crippen MR) is 86.7 cm³/mol. The monoisotopic (exact) mass is 316 g/mol. The van der Waals surface area contributed by atoms with E-state index in [1.54, 1.807) is 30.3 Å². The van der Waals surface area contributed by atoms with Gasteiger partial charge in [0.15, 0.2) is 0 Å². The van der Waals surface area contributed by atoms with Gasteiger partial charge in [0.05, 0.1) is 5.56 Å². The molecule has 0 bridgehead atoms. The van der Waals surface area contributed by atoms with Crippen molar-refractivity contribution < 1.29 is 14.6 Å². The number of anilines is 1. The maximum atomic E-state index is 12.1. The lowest BCUT2D eigenvalue weighted by atomic mass is 10.2. The molecule has 22 heavy (non-hydrogen) atoms. The van der Waals surface area contributed by atoms with Crippen LogP contribution in [-0.4, -0.2) is 33.6 Å². The van der Waals surface area contributed by atoms with E-state index < -0.39 is 0 Å². The molecule has 3 rings (SSSR count). The molecule has 1 unspecified atom stereocenters. The second-order valence-electron chi connectivity index (χ2n) is 4.99. The van der Waals surface area contributed by atoms with E-state index in [2.05, 4.69) is 10.3 Å². The Labute approximate surface area is 132 Å². The highest BCUT2D eigenvalue weighted by Gasteiger charge is 2.17. The Bertz CT molecular complexity index is 655. The molecule has 114 valence electrons. The molecule has 0 saturated carbocycles. The van der Waals surface area contributed by atoms with E-state index in [4.69, 9.17) is 4.74 Å². The van der Waals surface area contributed by atoms with Crippen LogP contribution in [0.1, 0.15) is 16.8 Å². The molecule has 1 aliphatic heterocycles. The minimum absolute atomic E-state index is 0.106. The lowest BCUT2D eigenvalue weighted by Crippen LogP contribution is -2.16. The van der Waals surface area contributed by atoms with Gasteiger partial charge in [-0.2, -0.15) is 11.8 Å². The minimum atomic E-state index is -0.277. The number of thioether (sulfide) groups is 1. The van der Waals surface area contributed by atoms with Crippen LogP contribution in [0.3, 0.4) is 0 Å². The lowest BCUT2D eigenvalue weighted by molar-refractivity contribution is 0.102. The Balaban J connectivity index is 1.63. The summed E-state index contributed by atoms with van der Waals surface area (Å²) in [4.78, 5) is 16.3. The first kappa shape index (κ1) is 14.7. The number of aromatic hydroxyl groups is 1. The number of rotatable bonds is 4. The van der Waals surface area contributed by atoms with Crippen molar-refractivity contribution in [1.29, 1.82) is 0 Å². The van der Waals surface area contributed by atoms with E-state index in [0.29, 0.717) is 17.1 Å². The zero-order chi connectivity index (χ0) is 15.4. The van der Waals surface area contributed by atoms with E-state index in [9.17, 15) is 9.90 Å². The van der Waals surface area contributed by atoms with Crippen molar-refractivity contribution >= 4 is 23.4 Å². The number of ether oxygens (including phenoxy) is 1. The molecule has 2 aromatic rings. The summed E-state index contributed by atoms with van der Waals surface area (Å²) in [5.41, 5.74) is 0.977. The summed E-state index contributed by atoms with van der Waals surface area (Å²) in [6.07, 6.45) is 2.74. The molecule has 0 aliphatic carbocycles. The maximum absolute atomic E-state index is 12.1. The zero-order valence-electron chi connectivity index (χ0n) is 11.9. The summed E-state index contributed by atoms with van der Waals surface area (Å²) in [6.45, 7) is 0. The van der Waals surface area contributed by atoms with Crippen LogP contribution in [0.2, 0.25) is 0 Å². The van der Waals surface area contributed by atoms with E-state index in [-0.39, 0.29) is 17.8 Å². The average molecular weight is 316 g/mol. The van der Waals surface area contributed by atoms with Gasteiger partial charge in [0.2, 0.25) is 5.88 Å². The Kier molecular flexibility index (Phi) is 4.48. The molecule has 2 heterocycles. The fraction of sp³-hybridized carbons (Fsp3) is 0.250. The van der Waals surface area contributed by atoms with Gasteiger partial charge in [-0.1, -0.05) is 6.07 Å². The van der Waals surface area contributed by atoms with Crippen molar-refractivity contribution in [2.24, 2.45) is 0 Å². The Morgan fingerprint density at radius 2 is 2.27 bits per heavy atom. The number of carbonyl (C=O) groups excluding carboxylic acids is 1. The number of pyridine rings is 1. The molecular formula is C16H16N2O3S. The van der Waals surface area contributed by atoms with Crippen LogP contribution < -0.4 is 10.1 Å². The third-order valence-corrected chi connectivity index (χ3v) is 4.41. The highest BCUT2D eigenvalue weighted by molar-refractivity contribution is 7.99. The van der Waals surface area contributed by atoms with E-state index in [0.717, 1.165) is 17.9 Å². The SMILES string of the molecule is O=C(Nc1cccc(O)c1)c1ccc(OC2CCSC2)nc1. The largest absolute Gasteiger partial charge is 0.508 e. The molecule has 1 fully saturated rings. The summed E-state index contributed by atoms with van der Waals surface area (Å²) in [7, 11) is 0. The third-order valence-electron chi connectivity index (χ3n) is 3.28. The van der Waals surface area contributed by atoms with Crippen molar-refractivity contribution in [3.63, 3.8) is 0 Å². The molecule has 6 heteroatoms. The number of benzene rings is 1. The molecule has 5 nitrogen and oxygen atoms in total. The molecule has 0 radical (unpaired) electrons. The number of carbonyl (C=O) groups is 1. The topological polar surface area (TPSA) is 71.5 Å². The van der Waals surface area contributed by atoms with Crippen molar-refractivity contribution in [3.05, 3.63) is 48.2 Å². The summed E-state index contributed by atoms with van der Waals surface area (Å²) in [5, 5.41) is 12.1. The summed E-state index contributed by atoms with van der Waals surface area (Å²) < 4.78 is 5.75. The van der Waals surface area contributed by atoms with Gasteiger partial charge in [-0.3, -0.25) is 4.79 Å². The standard InChI is InChI=1S/C16H16N2O3S/c19-13-3-1-2-12(8-13)18-16(20)11-4-5-15(17-9-11)21-14-6-7-22-10-14/h1-5,8-9,14,19H,6-7,10H2,(H,18,20). The van der Waals surface area contributed by atoms with Crippen LogP contribution in [0.5, 0.6) is 11.6 Å². The molecule has 0 spiro atoms. The fourth-order valence-electron chi connectivity index (χ4n) is 2.15. The number of hydrogen-bond donors (Lipinski definition) is 2. The third kappa shape index (κ3) is 3.71. The highest BCUT2D eigenvalue weighted by atomic mass is 32.2. The van der Waals surface area contributed by atoms with Crippen molar-refractivity contribution in [2.75, 3.05) is 16.8 Å². The quantitative estimate of drug-likeness (QED) is 0.907. The zero-order valence-corrected chi connectivity index (χ0v) is 12.7. The Morgan fingerprint density at radius 3 is 2.95 bits per heavy atom. The van der Waals surface area contributed by atoms with E-state index >= 15 is 0 Å². The van der Waals surface area contributed by atoms with E-state index in [1.807, 2.05) is 11.8 Å². The first-order valence-electron chi connectivity index (χ1n) is 7.01. The minimum Gasteiger partial charge on any atom is -0.508 e. The van der Waals surface area contributed by atoms with Crippen molar-refractivity contribution in [1.82, 2.24) is 4.98 Å². The lowest BCUT2D eigenvalue weighted by Gasteiger charge is -2.11. The molecule has 1 aromatic heterocycles. The molecular weight excluding hydrogens is 300 g/mol. The number of nitrogens with one attached hydrogen (secondary N) is 1. The summed E-state index contributed by atoms with van der Waals surface area (Å²) in [5.74, 6) is 2.48. The van der Waals surface area contributed by atoms with Crippen LogP contribution in [-0.2, 0) is 0 Å². The molecule has 1 aliphatic rings. The van der Waals surface area contributed by atoms with Gasteiger partial charge < -0.3 is 15.2 Å². The van der Waals surface area contributed by atoms with Crippen molar-refractivity contribution in [2.45, 2.75) is 12.5 Å². The second kappa shape index (κ2) is 6.70. The van der Waals surface area contributed by atoms with Crippen molar-refractivity contribution in [3.8, 4) is 11.6 Å². The number of amides is 1. The first-order chi connectivity index (χ1) is 10.7. The van der Waals surface area contributed by atoms with Gasteiger partial charge in [0.1, 0.15) is 11.9 Å². The summed E-state index contributed by atoms with van der Waals surface area (Å²) >= 11 is 1.87. The van der Waals surface area contributed by atoms with Gasteiger partial charge in [-0.05, 0) is 30.4 Å². The van der Waals surface area contributed by atoms with Crippen LogP contribution in [0.15, 0.2) is 42.6 Å². The smallest absolute Gasteiger partial charge is 0.257 e. The molecule has 1 atom stereocenters.